The minimum Gasteiger partial charge on any atom is -0.364 e. The zero-order valence-electron chi connectivity index (χ0n) is 11.8. The molecule has 2 unspecified atom stereocenters. The van der Waals surface area contributed by atoms with Gasteiger partial charge in [0.2, 0.25) is 5.91 Å². The highest BCUT2D eigenvalue weighted by atomic mass is 19.4. The van der Waals surface area contributed by atoms with E-state index in [0.717, 1.165) is 11.8 Å². The van der Waals surface area contributed by atoms with Crippen LogP contribution in [0.5, 0.6) is 0 Å². The molecule has 0 bridgehead atoms. The Morgan fingerprint density at radius 3 is 2.64 bits per heavy atom. The Morgan fingerprint density at radius 1 is 1.41 bits per heavy atom. The first-order chi connectivity index (χ1) is 10.3. The van der Waals surface area contributed by atoms with E-state index in [4.69, 9.17) is 5.26 Å². The summed E-state index contributed by atoms with van der Waals surface area (Å²) in [4.78, 5) is 20.1. The van der Waals surface area contributed by atoms with Crippen LogP contribution in [0, 0.1) is 11.3 Å². The van der Waals surface area contributed by atoms with Gasteiger partial charge in [-0.25, -0.2) is 9.97 Å². The maximum atomic E-state index is 12.9. The van der Waals surface area contributed by atoms with E-state index in [-0.39, 0.29) is 31.1 Å². The second kappa shape index (κ2) is 6.17. The summed E-state index contributed by atoms with van der Waals surface area (Å²) in [5.41, 5.74) is 0.150. The summed E-state index contributed by atoms with van der Waals surface area (Å²) in [7, 11) is 0. The SMILES string of the molecule is CC(=O)N1CC(Nc2cnc(C#N)cn2)CCC1C(F)(F)F. The Morgan fingerprint density at radius 2 is 2.14 bits per heavy atom. The maximum absolute atomic E-state index is 12.9. The first-order valence-corrected chi connectivity index (χ1v) is 6.64. The predicted octanol–water partition coefficient (Wildman–Crippen LogP) is 1.70. The Balaban J connectivity index is 2.05. The molecule has 1 aliphatic rings. The van der Waals surface area contributed by atoms with Gasteiger partial charge < -0.3 is 10.2 Å². The minimum absolute atomic E-state index is 0.0544. The summed E-state index contributed by atoms with van der Waals surface area (Å²) in [6.07, 6.45) is -1.72. The van der Waals surface area contributed by atoms with Crippen molar-refractivity contribution in [3.8, 4) is 6.07 Å². The number of carbonyl (C=O) groups is 1. The van der Waals surface area contributed by atoms with Crippen molar-refractivity contribution in [1.29, 1.82) is 5.26 Å². The lowest BCUT2D eigenvalue weighted by Gasteiger charge is -2.40. The summed E-state index contributed by atoms with van der Waals surface area (Å²) in [6, 6.07) is -0.261. The van der Waals surface area contributed by atoms with Gasteiger partial charge in [0, 0.05) is 19.5 Å². The molecule has 0 aromatic carbocycles. The lowest BCUT2D eigenvalue weighted by Crippen LogP contribution is -2.55. The van der Waals surface area contributed by atoms with Gasteiger partial charge >= 0.3 is 6.18 Å². The Labute approximate surface area is 125 Å². The number of halogens is 3. The molecule has 0 spiro atoms. The van der Waals surface area contributed by atoms with Crippen molar-refractivity contribution in [2.24, 2.45) is 0 Å². The highest BCUT2D eigenvalue weighted by molar-refractivity contribution is 5.74. The van der Waals surface area contributed by atoms with Crippen molar-refractivity contribution < 1.29 is 18.0 Å². The van der Waals surface area contributed by atoms with E-state index in [9.17, 15) is 18.0 Å². The smallest absolute Gasteiger partial charge is 0.364 e. The van der Waals surface area contributed by atoms with Gasteiger partial charge in [0.25, 0.3) is 0 Å². The molecule has 2 heterocycles. The van der Waals surface area contributed by atoms with Crippen LogP contribution < -0.4 is 5.32 Å². The molecular weight excluding hydrogens is 299 g/mol. The Bertz CT molecular complexity index is 581. The molecule has 1 aromatic heterocycles. The second-order valence-corrected chi connectivity index (χ2v) is 5.05. The van der Waals surface area contributed by atoms with Gasteiger partial charge in [-0.05, 0) is 12.8 Å². The Kier molecular flexibility index (Phi) is 4.49. The molecular formula is C13H14F3N5O. The topological polar surface area (TPSA) is 81.9 Å². The number of nitrogens with one attached hydrogen (secondary N) is 1. The third-order valence-electron chi connectivity index (χ3n) is 3.48. The fourth-order valence-corrected chi connectivity index (χ4v) is 2.45. The molecule has 2 atom stereocenters. The maximum Gasteiger partial charge on any atom is 0.408 e. The van der Waals surface area contributed by atoms with E-state index in [0.29, 0.717) is 5.82 Å². The van der Waals surface area contributed by atoms with E-state index in [2.05, 4.69) is 15.3 Å². The minimum atomic E-state index is -4.43. The van der Waals surface area contributed by atoms with Gasteiger partial charge in [0.15, 0.2) is 5.69 Å². The van der Waals surface area contributed by atoms with Crippen molar-refractivity contribution in [2.45, 2.75) is 38.0 Å². The number of piperidine rings is 1. The number of aromatic nitrogens is 2. The molecule has 1 N–H and O–H groups in total. The first kappa shape index (κ1) is 16.0. The molecule has 1 saturated heterocycles. The monoisotopic (exact) mass is 313 g/mol. The van der Waals surface area contributed by atoms with Crippen molar-refractivity contribution in [1.82, 2.24) is 14.9 Å². The number of alkyl halides is 3. The lowest BCUT2D eigenvalue weighted by atomic mass is 9.97. The Hall–Kier alpha value is -2.37. The van der Waals surface area contributed by atoms with E-state index in [1.807, 2.05) is 6.07 Å². The lowest BCUT2D eigenvalue weighted by molar-refractivity contribution is -0.195. The largest absolute Gasteiger partial charge is 0.408 e. The number of nitriles is 1. The molecule has 0 saturated carbocycles. The third-order valence-corrected chi connectivity index (χ3v) is 3.48. The number of nitrogens with zero attached hydrogens (tertiary/aromatic N) is 4. The highest BCUT2D eigenvalue weighted by Gasteiger charge is 2.47. The molecule has 0 aliphatic carbocycles. The van der Waals surface area contributed by atoms with Gasteiger partial charge in [-0.1, -0.05) is 0 Å². The molecule has 0 radical (unpaired) electrons. The fourth-order valence-electron chi connectivity index (χ4n) is 2.45. The van der Waals surface area contributed by atoms with Crippen LogP contribution in [-0.2, 0) is 4.79 Å². The van der Waals surface area contributed by atoms with Crippen LogP contribution in [0.15, 0.2) is 12.4 Å². The molecule has 1 aliphatic heterocycles. The van der Waals surface area contributed by atoms with Crippen LogP contribution in [0.4, 0.5) is 19.0 Å². The summed E-state index contributed by atoms with van der Waals surface area (Å²) in [5, 5.41) is 11.6. The molecule has 1 aromatic rings. The van der Waals surface area contributed by atoms with Crippen molar-refractivity contribution in [3.63, 3.8) is 0 Å². The van der Waals surface area contributed by atoms with Crippen molar-refractivity contribution in [2.75, 3.05) is 11.9 Å². The fraction of sp³-hybridized carbons (Fsp3) is 0.538. The number of amides is 1. The number of anilines is 1. The van der Waals surface area contributed by atoms with Crippen LogP contribution in [0.2, 0.25) is 0 Å². The van der Waals surface area contributed by atoms with Gasteiger partial charge in [0.1, 0.15) is 17.9 Å². The van der Waals surface area contributed by atoms with Gasteiger partial charge in [-0.3, -0.25) is 4.79 Å². The predicted molar refractivity (Wildman–Crippen MR) is 70.6 cm³/mol. The molecule has 118 valence electrons. The zero-order valence-corrected chi connectivity index (χ0v) is 11.8. The molecule has 1 amide bonds. The van der Waals surface area contributed by atoms with E-state index < -0.39 is 18.1 Å². The average Bonchev–Trinajstić information content (AvgIpc) is 2.47. The van der Waals surface area contributed by atoms with Crippen molar-refractivity contribution in [3.05, 3.63) is 18.1 Å². The summed E-state index contributed by atoms with van der Waals surface area (Å²) >= 11 is 0. The third kappa shape index (κ3) is 3.63. The quantitative estimate of drug-likeness (QED) is 0.898. The zero-order chi connectivity index (χ0) is 16.3. The number of likely N-dealkylation sites (tertiary alicyclic amines) is 1. The van der Waals surface area contributed by atoms with E-state index in [1.54, 1.807) is 0 Å². The van der Waals surface area contributed by atoms with Crippen molar-refractivity contribution >= 4 is 11.7 Å². The molecule has 6 nitrogen and oxygen atoms in total. The summed E-state index contributed by atoms with van der Waals surface area (Å²) < 4.78 is 38.8. The molecule has 1 fully saturated rings. The van der Waals surface area contributed by atoms with E-state index >= 15 is 0 Å². The normalized spacial score (nSPS) is 22.0. The van der Waals surface area contributed by atoms with Gasteiger partial charge in [-0.15, -0.1) is 0 Å². The van der Waals surface area contributed by atoms with Crippen LogP contribution in [0.1, 0.15) is 25.5 Å². The van der Waals surface area contributed by atoms with Gasteiger partial charge in [0.05, 0.1) is 12.4 Å². The molecule has 2 rings (SSSR count). The van der Waals surface area contributed by atoms with Gasteiger partial charge in [-0.2, -0.15) is 18.4 Å². The highest BCUT2D eigenvalue weighted by Crippen LogP contribution is 2.32. The van der Waals surface area contributed by atoms with Crippen LogP contribution in [-0.4, -0.2) is 45.6 Å². The van der Waals surface area contributed by atoms with Crippen LogP contribution in [0.25, 0.3) is 0 Å². The number of carbonyl (C=O) groups excluding carboxylic acids is 1. The standard InChI is InChI=1S/C13H14F3N5O/c1-8(22)21-7-9(2-3-11(21)13(14,15)16)20-12-6-18-10(4-17)5-19-12/h5-6,9,11H,2-3,7H2,1H3,(H,19,20). The second-order valence-electron chi connectivity index (χ2n) is 5.05. The van der Waals surface area contributed by atoms with Crippen LogP contribution in [0.3, 0.4) is 0 Å². The van der Waals surface area contributed by atoms with E-state index in [1.165, 1.54) is 12.4 Å². The number of rotatable bonds is 2. The number of hydrogen-bond acceptors (Lipinski definition) is 5. The summed E-state index contributed by atoms with van der Waals surface area (Å²) in [6.45, 7) is 1.07. The number of hydrogen-bond donors (Lipinski definition) is 1. The van der Waals surface area contributed by atoms with Crippen LogP contribution >= 0.6 is 0 Å². The average molecular weight is 313 g/mol. The molecule has 22 heavy (non-hydrogen) atoms. The first-order valence-electron chi connectivity index (χ1n) is 6.64. The molecule has 9 heteroatoms. The summed E-state index contributed by atoms with van der Waals surface area (Å²) in [5.74, 6) is -0.252.